The molecule has 0 aliphatic carbocycles. The van der Waals surface area contributed by atoms with Crippen LogP contribution in [0, 0.1) is 5.92 Å². The summed E-state index contributed by atoms with van der Waals surface area (Å²) in [6.07, 6.45) is 2.43. The predicted octanol–water partition coefficient (Wildman–Crippen LogP) is 0.760. The van der Waals surface area contributed by atoms with Gasteiger partial charge in [-0.25, -0.2) is 4.79 Å². The van der Waals surface area contributed by atoms with Crippen LogP contribution in [0.5, 0.6) is 0 Å². The molecule has 4 amide bonds. The standard InChI is InChI=1S/C19H26N4O4/c1-14(2)12-23-18(27)20(3)17(26)19(23)7-10-21(11-8-19)16(25)13-22-9-5-4-6-15(22)24/h4-6,9,14H,7-8,10-13H2,1-3H3. The van der Waals surface area contributed by atoms with Crippen LogP contribution in [0.3, 0.4) is 0 Å². The number of rotatable bonds is 4. The summed E-state index contributed by atoms with van der Waals surface area (Å²) in [5.41, 5.74) is -1.07. The molecule has 1 aromatic rings. The molecule has 0 aromatic carbocycles. The monoisotopic (exact) mass is 374 g/mol. The Morgan fingerprint density at radius 3 is 2.41 bits per heavy atom. The van der Waals surface area contributed by atoms with Crippen LogP contribution in [0.15, 0.2) is 29.2 Å². The van der Waals surface area contributed by atoms with E-state index < -0.39 is 5.54 Å². The van der Waals surface area contributed by atoms with Gasteiger partial charge in [-0.3, -0.25) is 19.3 Å². The molecule has 146 valence electrons. The number of nitrogens with zero attached hydrogens (tertiary/aromatic N) is 4. The Kier molecular flexibility index (Phi) is 5.08. The fraction of sp³-hybridized carbons (Fsp3) is 0.579. The van der Waals surface area contributed by atoms with Gasteiger partial charge in [-0.05, 0) is 24.8 Å². The van der Waals surface area contributed by atoms with Crippen LogP contribution >= 0.6 is 0 Å². The van der Waals surface area contributed by atoms with E-state index in [-0.39, 0.29) is 35.9 Å². The molecule has 8 nitrogen and oxygen atoms in total. The lowest BCUT2D eigenvalue weighted by Crippen LogP contribution is -2.58. The van der Waals surface area contributed by atoms with Gasteiger partial charge in [0, 0.05) is 38.9 Å². The first-order chi connectivity index (χ1) is 12.8. The number of carbonyl (C=O) groups excluding carboxylic acids is 3. The lowest BCUT2D eigenvalue weighted by Gasteiger charge is -2.42. The second-order valence-corrected chi connectivity index (χ2v) is 7.73. The molecular weight excluding hydrogens is 348 g/mol. The molecule has 3 rings (SSSR count). The van der Waals surface area contributed by atoms with Crippen molar-refractivity contribution in [3.05, 3.63) is 34.7 Å². The fourth-order valence-corrected chi connectivity index (χ4v) is 3.94. The van der Waals surface area contributed by atoms with Gasteiger partial charge in [0.1, 0.15) is 12.1 Å². The summed E-state index contributed by atoms with van der Waals surface area (Å²) in [5, 5.41) is 0. The first kappa shape index (κ1) is 19.1. The molecule has 2 aliphatic rings. The molecule has 3 heterocycles. The second kappa shape index (κ2) is 7.17. The van der Waals surface area contributed by atoms with E-state index >= 15 is 0 Å². The zero-order chi connectivity index (χ0) is 19.8. The van der Waals surface area contributed by atoms with Crippen molar-refractivity contribution < 1.29 is 14.4 Å². The highest BCUT2D eigenvalue weighted by Crippen LogP contribution is 2.37. The molecule has 8 heteroatoms. The van der Waals surface area contributed by atoms with Gasteiger partial charge in [0.25, 0.3) is 11.5 Å². The SMILES string of the molecule is CC(C)CN1C(=O)N(C)C(=O)C12CCN(C(=O)Cn1ccccc1=O)CC2. The molecule has 0 saturated carbocycles. The summed E-state index contributed by atoms with van der Waals surface area (Å²) in [7, 11) is 1.52. The van der Waals surface area contributed by atoms with Crippen molar-refractivity contribution in [2.24, 2.45) is 5.92 Å². The normalized spacial score (nSPS) is 19.5. The zero-order valence-corrected chi connectivity index (χ0v) is 16.1. The number of pyridine rings is 1. The van der Waals surface area contributed by atoms with Gasteiger partial charge in [-0.2, -0.15) is 0 Å². The predicted molar refractivity (Wildman–Crippen MR) is 99.0 cm³/mol. The van der Waals surface area contributed by atoms with Crippen LogP contribution in [0.4, 0.5) is 4.79 Å². The van der Waals surface area contributed by atoms with Crippen molar-refractivity contribution in [2.45, 2.75) is 38.8 Å². The second-order valence-electron chi connectivity index (χ2n) is 7.73. The van der Waals surface area contributed by atoms with E-state index in [0.717, 1.165) is 0 Å². The number of aromatic nitrogens is 1. The maximum atomic E-state index is 12.8. The summed E-state index contributed by atoms with van der Waals surface area (Å²) in [4.78, 5) is 54.3. The molecule has 1 aromatic heterocycles. The summed E-state index contributed by atoms with van der Waals surface area (Å²) in [6, 6.07) is 4.50. The van der Waals surface area contributed by atoms with E-state index in [2.05, 4.69) is 0 Å². The average Bonchev–Trinajstić information content (AvgIpc) is 2.80. The minimum Gasteiger partial charge on any atom is -0.341 e. The third-order valence-electron chi connectivity index (χ3n) is 5.43. The number of urea groups is 1. The molecule has 2 saturated heterocycles. The number of hydrogen-bond donors (Lipinski definition) is 0. The largest absolute Gasteiger partial charge is 0.341 e. The van der Waals surface area contributed by atoms with E-state index in [1.165, 1.54) is 22.6 Å². The van der Waals surface area contributed by atoms with Gasteiger partial charge in [0.2, 0.25) is 5.91 Å². The van der Waals surface area contributed by atoms with Crippen LogP contribution in [-0.2, 0) is 16.1 Å². The number of piperidine rings is 1. The Labute approximate surface area is 158 Å². The van der Waals surface area contributed by atoms with Crippen LogP contribution in [0.2, 0.25) is 0 Å². The fourth-order valence-electron chi connectivity index (χ4n) is 3.94. The van der Waals surface area contributed by atoms with E-state index in [9.17, 15) is 19.2 Å². The van der Waals surface area contributed by atoms with Crippen molar-refractivity contribution >= 4 is 17.8 Å². The van der Waals surface area contributed by atoms with Crippen LogP contribution < -0.4 is 5.56 Å². The first-order valence-corrected chi connectivity index (χ1v) is 9.29. The quantitative estimate of drug-likeness (QED) is 0.729. The van der Waals surface area contributed by atoms with Crippen molar-refractivity contribution in [2.75, 3.05) is 26.7 Å². The highest BCUT2D eigenvalue weighted by molar-refractivity contribution is 6.06. The molecule has 0 N–H and O–H groups in total. The minimum atomic E-state index is -0.851. The summed E-state index contributed by atoms with van der Waals surface area (Å²) >= 11 is 0. The summed E-state index contributed by atoms with van der Waals surface area (Å²) in [5.74, 6) is -0.0899. The third-order valence-corrected chi connectivity index (χ3v) is 5.43. The Balaban J connectivity index is 1.72. The smallest absolute Gasteiger partial charge is 0.327 e. The number of hydrogen-bond acceptors (Lipinski definition) is 4. The van der Waals surface area contributed by atoms with Crippen LogP contribution in [0.25, 0.3) is 0 Å². The topological polar surface area (TPSA) is 82.9 Å². The number of carbonyl (C=O) groups is 3. The van der Waals surface area contributed by atoms with Crippen LogP contribution in [-0.4, -0.2) is 69.3 Å². The minimum absolute atomic E-state index is 0.0187. The molecule has 2 aliphatic heterocycles. The van der Waals surface area contributed by atoms with Crippen molar-refractivity contribution in [1.29, 1.82) is 0 Å². The molecule has 0 radical (unpaired) electrons. The number of amides is 4. The molecule has 2 fully saturated rings. The van der Waals surface area contributed by atoms with Crippen LogP contribution in [0.1, 0.15) is 26.7 Å². The molecule has 0 unspecified atom stereocenters. The van der Waals surface area contributed by atoms with Crippen molar-refractivity contribution in [3.63, 3.8) is 0 Å². The van der Waals surface area contributed by atoms with E-state index in [0.29, 0.717) is 32.5 Å². The zero-order valence-electron chi connectivity index (χ0n) is 16.1. The third kappa shape index (κ3) is 3.36. The Morgan fingerprint density at radius 2 is 1.81 bits per heavy atom. The number of likely N-dealkylation sites (N-methyl/N-ethyl adjacent to an activating group) is 1. The highest BCUT2D eigenvalue weighted by atomic mass is 16.2. The van der Waals surface area contributed by atoms with Gasteiger partial charge in [-0.15, -0.1) is 0 Å². The van der Waals surface area contributed by atoms with Crippen molar-refractivity contribution in [1.82, 2.24) is 19.3 Å². The number of likely N-dealkylation sites (tertiary alicyclic amines) is 1. The van der Waals surface area contributed by atoms with Gasteiger partial charge < -0.3 is 14.4 Å². The average molecular weight is 374 g/mol. The summed E-state index contributed by atoms with van der Waals surface area (Å²) < 4.78 is 1.37. The van der Waals surface area contributed by atoms with Gasteiger partial charge in [0.05, 0.1) is 0 Å². The molecular formula is C19H26N4O4. The highest BCUT2D eigenvalue weighted by Gasteiger charge is 2.57. The van der Waals surface area contributed by atoms with Crippen molar-refractivity contribution in [3.8, 4) is 0 Å². The van der Waals surface area contributed by atoms with E-state index in [4.69, 9.17) is 0 Å². The van der Waals surface area contributed by atoms with Gasteiger partial charge in [-0.1, -0.05) is 19.9 Å². The molecule has 27 heavy (non-hydrogen) atoms. The first-order valence-electron chi connectivity index (χ1n) is 9.29. The lowest BCUT2D eigenvalue weighted by molar-refractivity contribution is -0.141. The van der Waals surface area contributed by atoms with E-state index in [1.54, 1.807) is 28.1 Å². The molecule has 1 spiro atoms. The Hall–Kier alpha value is -2.64. The molecule has 0 atom stereocenters. The maximum Gasteiger partial charge on any atom is 0.327 e. The van der Waals surface area contributed by atoms with Gasteiger partial charge >= 0.3 is 6.03 Å². The Morgan fingerprint density at radius 1 is 1.15 bits per heavy atom. The number of imide groups is 1. The summed E-state index contributed by atoms with van der Waals surface area (Å²) in [6.45, 7) is 5.31. The lowest BCUT2D eigenvalue weighted by atomic mass is 9.85. The van der Waals surface area contributed by atoms with Gasteiger partial charge in [0.15, 0.2) is 0 Å². The maximum absolute atomic E-state index is 12.8. The Bertz CT molecular complexity index is 808. The van der Waals surface area contributed by atoms with E-state index in [1.807, 2.05) is 13.8 Å². The molecule has 0 bridgehead atoms.